The van der Waals surface area contributed by atoms with Crippen molar-refractivity contribution in [3.63, 3.8) is 0 Å². The van der Waals surface area contributed by atoms with Crippen LogP contribution in [0, 0.1) is 6.92 Å². The Kier molecular flexibility index (Phi) is 5.75. The van der Waals surface area contributed by atoms with Gasteiger partial charge in [0.1, 0.15) is 0 Å². The Bertz CT molecular complexity index is 802. The van der Waals surface area contributed by atoms with E-state index in [1.54, 1.807) is 38.1 Å². The van der Waals surface area contributed by atoms with Gasteiger partial charge < -0.3 is 15.0 Å². The van der Waals surface area contributed by atoms with Crippen molar-refractivity contribution >= 4 is 29.3 Å². The van der Waals surface area contributed by atoms with E-state index in [2.05, 4.69) is 20.0 Å². The molecule has 1 aromatic carbocycles. The number of nitrogens with zero attached hydrogens (tertiary/aromatic N) is 1. The van der Waals surface area contributed by atoms with Crippen molar-refractivity contribution in [1.29, 1.82) is 0 Å². The van der Waals surface area contributed by atoms with E-state index in [9.17, 15) is 14.4 Å². The summed E-state index contributed by atoms with van der Waals surface area (Å²) in [5, 5.41) is 2.67. The first-order chi connectivity index (χ1) is 11.4. The molecule has 0 saturated carbocycles. The van der Waals surface area contributed by atoms with Crippen LogP contribution in [0.4, 0.5) is 5.69 Å². The molecule has 2 aromatic rings. The molecule has 1 amide bonds. The van der Waals surface area contributed by atoms with Crippen molar-refractivity contribution in [3.05, 3.63) is 51.9 Å². The molecular weight excluding hydrogens is 330 g/mol. The summed E-state index contributed by atoms with van der Waals surface area (Å²) in [7, 11) is 1.31. The van der Waals surface area contributed by atoms with Gasteiger partial charge in [0, 0.05) is 17.4 Å². The summed E-state index contributed by atoms with van der Waals surface area (Å²) < 4.78 is 4.62. The second-order valence-electron chi connectivity index (χ2n) is 5.01. The molecule has 24 heavy (non-hydrogen) atoms. The normalized spacial score (nSPS) is 11.6. The average Bonchev–Trinajstić information content (AvgIpc) is 2.53. The number of nitrogens with one attached hydrogen (secondary N) is 2. The summed E-state index contributed by atoms with van der Waals surface area (Å²) >= 11 is 1.16. The van der Waals surface area contributed by atoms with Crippen molar-refractivity contribution in [3.8, 4) is 0 Å². The Morgan fingerprint density at radius 2 is 1.96 bits per heavy atom. The SMILES string of the molecule is COC(=O)c1ccc(NC(=O)[C@@H](C)Sc2nc(C)cc(=O)[nH]2)cc1. The standard InChI is InChI=1S/C16H17N3O4S/c1-9-8-13(20)19-16(17-9)24-10(2)14(21)18-12-6-4-11(5-7-12)15(22)23-3/h4-8,10H,1-3H3,(H,18,21)(H,17,19,20)/t10-/m1/s1. The summed E-state index contributed by atoms with van der Waals surface area (Å²) in [6, 6.07) is 7.76. The third-order valence-electron chi connectivity index (χ3n) is 3.08. The highest BCUT2D eigenvalue weighted by Gasteiger charge is 2.16. The third kappa shape index (κ3) is 4.69. The maximum absolute atomic E-state index is 12.2. The predicted molar refractivity (Wildman–Crippen MR) is 91.3 cm³/mol. The summed E-state index contributed by atoms with van der Waals surface area (Å²) in [4.78, 5) is 41.8. The molecule has 2 N–H and O–H groups in total. The van der Waals surface area contributed by atoms with Gasteiger partial charge in [0.2, 0.25) is 5.91 Å². The number of methoxy groups -OCH3 is 1. The lowest BCUT2D eigenvalue weighted by Crippen LogP contribution is -2.23. The van der Waals surface area contributed by atoms with Crippen LogP contribution in [-0.2, 0) is 9.53 Å². The highest BCUT2D eigenvalue weighted by molar-refractivity contribution is 8.00. The fraction of sp³-hybridized carbons (Fsp3) is 0.250. The van der Waals surface area contributed by atoms with E-state index in [-0.39, 0.29) is 11.5 Å². The average molecular weight is 347 g/mol. The molecule has 7 nitrogen and oxygen atoms in total. The van der Waals surface area contributed by atoms with Crippen molar-refractivity contribution in [2.75, 3.05) is 12.4 Å². The van der Waals surface area contributed by atoms with Crippen LogP contribution in [0.15, 0.2) is 40.3 Å². The van der Waals surface area contributed by atoms with E-state index in [4.69, 9.17) is 0 Å². The third-order valence-corrected chi connectivity index (χ3v) is 4.06. The zero-order chi connectivity index (χ0) is 17.7. The molecular formula is C16H17N3O4S. The zero-order valence-electron chi connectivity index (χ0n) is 13.5. The molecule has 0 unspecified atom stereocenters. The first kappa shape index (κ1) is 17.7. The second-order valence-corrected chi connectivity index (χ2v) is 6.34. The molecule has 0 aliphatic carbocycles. The van der Waals surface area contributed by atoms with Gasteiger partial charge in [0.15, 0.2) is 5.16 Å². The topological polar surface area (TPSA) is 101 Å². The number of ether oxygens (including phenoxy) is 1. The summed E-state index contributed by atoms with van der Waals surface area (Å²) in [6.07, 6.45) is 0. The number of hydrogen-bond acceptors (Lipinski definition) is 6. The van der Waals surface area contributed by atoms with Crippen molar-refractivity contribution in [1.82, 2.24) is 9.97 Å². The van der Waals surface area contributed by atoms with Gasteiger partial charge in [-0.1, -0.05) is 11.8 Å². The Hall–Kier alpha value is -2.61. The maximum Gasteiger partial charge on any atom is 0.337 e. The Balaban J connectivity index is 2.00. The van der Waals surface area contributed by atoms with Crippen LogP contribution in [-0.4, -0.2) is 34.2 Å². The van der Waals surface area contributed by atoms with E-state index >= 15 is 0 Å². The van der Waals surface area contributed by atoms with Crippen LogP contribution >= 0.6 is 11.8 Å². The van der Waals surface area contributed by atoms with Gasteiger partial charge in [-0.2, -0.15) is 0 Å². The number of aryl methyl sites for hydroxylation is 1. The molecule has 2 rings (SSSR count). The van der Waals surface area contributed by atoms with E-state index in [0.717, 1.165) is 11.8 Å². The Labute approximate surface area is 142 Å². The van der Waals surface area contributed by atoms with Gasteiger partial charge in [-0.15, -0.1) is 0 Å². The number of thioether (sulfide) groups is 1. The fourth-order valence-corrected chi connectivity index (χ4v) is 2.74. The fourth-order valence-electron chi connectivity index (χ4n) is 1.88. The lowest BCUT2D eigenvalue weighted by atomic mass is 10.2. The van der Waals surface area contributed by atoms with Crippen molar-refractivity contribution < 1.29 is 14.3 Å². The van der Waals surface area contributed by atoms with Gasteiger partial charge in [0.05, 0.1) is 17.9 Å². The number of rotatable bonds is 5. The van der Waals surface area contributed by atoms with E-state index in [1.165, 1.54) is 13.2 Å². The summed E-state index contributed by atoms with van der Waals surface area (Å²) in [5.74, 6) is -0.679. The van der Waals surface area contributed by atoms with Crippen LogP contribution in [0.2, 0.25) is 0 Å². The molecule has 0 bridgehead atoms. The van der Waals surface area contributed by atoms with Crippen molar-refractivity contribution in [2.45, 2.75) is 24.3 Å². The smallest absolute Gasteiger partial charge is 0.337 e. The monoisotopic (exact) mass is 347 g/mol. The summed E-state index contributed by atoms with van der Waals surface area (Å²) in [5.41, 5.74) is 1.30. The highest BCUT2D eigenvalue weighted by Crippen LogP contribution is 2.20. The molecule has 0 radical (unpaired) electrons. The predicted octanol–water partition coefficient (Wildman–Crippen LogP) is 1.98. The molecule has 0 aliphatic rings. The molecule has 0 fully saturated rings. The number of esters is 1. The molecule has 0 aliphatic heterocycles. The lowest BCUT2D eigenvalue weighted by Gasteiger charge is -2.11. The minimum atomic E-state index is -0.463. The number of H-pyrrole nitrogens is 1. The minimum absolute atomic E-state index is 0.241. The highest BCUT2D eigenvalue weighted by atomic mass is 32.2. The van der Waals surface area contributed by atoms with E-state index in [0.29, 0.717) is 22.1 Å². The van der Waals surface area contributed by atoms with E-state index in [1.807, 2.05) is 0 Å². The molecule has 8 heteroatoms. The Morgan fingerprint density at radius 1 is 1.29 bits per heavy atom. The molecule has 126 valence electrons. The van der Waals surface area contributed by atoms with Gasteiger partial charge in [-0.05, 0) is 38.1 Å². The van der Waals surface area contributed by atoms with Gasteiger partial charge in [-0.25, -0.2) is 9.78 Å². The maximum atomic E-state index is 12.2. The number of amides is 1. The molecule has 1 heterocycles. The Morgan fingerprint density at radius 3 is 2.54 bits per heavy atom. The zero-order valence-corrected chi connectivity index (χ0v) is 14.3. The van der Waals surface area contributed by atoms with Gasteiger partial charge >= 0.3 is 5.97 Å². The number of carbonyl (C=O) groups excluding carboxylic acids is 2. The van der Waals surface area contributed by atoms with Crippen LogP contribution in [0.5, 0.6) is 0 Å². The molecule has 0 saturated heterocycles. The second kappa shape index (κ2) is 7.78. The van der Waals surface area contributed by atoms with Crippen LogP contribution in [0.25, 0.3) is 0 Å². The number of anilines is 1. The van der Waals surface area contributed by atoms with Gasteiger partial charge in [-0.3, -0.25) is 9.59 Å². The van der Waals surface area contributed by atoms with Crippen LogP contribution in [0.1, 0.15) is 23.0 Å². The van der Waals surface area contributed by atoms with Gasteiger partial charge in [0.25, 0.3) is 5.56 Å². The quantitative estimate of drug-likeness (QED) is 0.487. The first-order valence-electron chi connectivity index (χ1n) is 7.13. The van der Waals surface area contributed by atoms with E-state index < -0.39 is 11.2 Å². The van der Waals surface area contributed by atoms with Crippen LogP contribution < -0.4 is 10.9 Å². The minimum Gasteiger partial charge on any atom is -0.465 e. The molecule has 1 aromatic heterocycles. The number of carbonyl (C=O) groups is 2. The van der Waals surface area contributed by atoms with Crippen LogP contribution in [0.3, 0.4) is 0 Å². The van der Waals surface area contributed by atoms with Crippen molar-refractivity contribution in [2.24, 2.45) is 0 Å². The summed E-state index contributed by atoms with van der Waals surface area (Å²) in [6.45, 7) is 3.43. The largest absolute Gasteiger partial charge is 0.465 e. The number of hydrogen-bond donors (Lipinski definition) is 2. The number of benzene rings is 1. The molecule has 0 spiro atoms. The molecule has 1 atom stereocenters. The lowest BCUT2D eigenvalue weighted by molar-refractivity contribution is -0.115. The number of aromatic nitrogens is 2. The number of aromatic amines is 1. The first-order valence-corrected chi connectivity index (χ1v) is 8.01.